The van der Waals surface area contributed by atoms with Crippen LogP contribution >= 0.6 is 11.3 Å². The molecule has 0 aliphatic heterocycles. The van der Waals surface area contributed by atoms with Crippen LogP contribution in [0.25, 0.3) is 4.96 Å². The van der Waals surface area contributed by atoms with E-state index in [0.717, 1.165) is 11.0 Å². The first-order chi connectivity index (χ1) is 6.90. The van der Waals surface area contributed by atoms with Crippen LogP contribution in [0.15, 0.2) is 11.6 Å². The van der Waals surface area contributed by atoms with Gasteiger partial charge in [0.05, 0.1) is 28.2 Å². The van der Waals surface area contributed by atoms with Gasteiger partial charge < -0.3 is 4.48 Å². The zero-order valence-electron chi connectivity index (χ0n) is 10.1. The summed E-state index contributed by atoms with van der Waals surface area (Å²) in [7, 11) is 8.82. The van der Waals surface area contributed by atoms with Crippen molar-refractivity contribution in [1.82, 2.24) is 4.57 Å². The summed E-state index contributed by atoms with van der Waals surface area (Å²) in [5, 5.41) is 2.15. The number of quaternary nitrogens is 1. The number of hydrogen-bond acceptors (Lipinski definition) is 1. The maximum absolute atomic E-state index is 2.31. The van der Waals surface area contributed by atoms with Crippen LogP contribution in [0.2, 0.25) is 0 Å². The Labute approximate surface area is 94.8 Å². The van der Waals surface area contributed by atoms with Crippen molar-refractivity contribution in [3.8, 4) is 0 Å². The minimum absolute atomic E-state index is 0.961. The van der Waals surface area contributed by atoms with Crippen LogP contribution in [0.3, 0.4) is 0 Å². The summed E-state index contributed by atoms with van der Waals surface area (Å²) in [6.07, 6.45) is 2.16. The summed E-state index contributed by atoms with van der Waals surface area (Å²) in [4.78, 5) is 1.32. The van der Waals surface area contributed by atoms with Crippen LogP contribution in [0, 0.1) is 6.92 Å². The number of aryl methyl sites for hydroxylation is 1. The molecule has 0 unspecified atom stereocenters. The van der Waals surface area contributed by atoms with E-state index in [1.165, 1.54) is 16.3 Å². The molecule has 0 saturated heterocycles. The molecule has 2 rings (SSSR count). The predicted molar refractivity (Wildman–Crippen MR) is 62.9 cm³/mol. The van der Waals surface area contributed by atoms with Crippen LogP contribution in [-0.4, -0.2) is 30.2 Å². The van der Waals surface area contributed by atoms with E-state index in [4.69, 9.17) is 0 Å². The second-order valence-electron chi connectivity index (χ2n) is 5.10. The largest absolute Gasteiger partial charge is 0.346 e. The molecular formula is C11H19N3S+2. The van der Waals surface area contributed by atoms with Crippen LogP contribution in [-0.2, 0) is 13.6 Å². The van der Waals surface area contributed by atoms with E-state index >= 15 is 0 Å². The highest BCUT2D eigenvalue weighted by Gasteiger charge is 2.25. The van der Waals surface area contributed by atoms with E-state index in [0.29, 0.717) is 0 Å². The van der Waals surface area contributed by atoms with Crippen molar-refractivity contribution in [3.63, 3.8) is 0 Å². The molecule has 0 aliphatic rings. The normalized spacial score (nSPS) is 12.6. The van der Waals surface area contributed by atoms with E-state index in [9.17, 15) is 0 Å². The van der Waals surface area contributed by atoms with Crippen LogP contribution in [0.5, 0.6) is 0 Å². The molecule has 0 spiro atoms. The third-order valence-electron chi connectivity index (χ3n) is 2.71. The molecule has 2 aromatic heterocycles. The molecule has 2 heterocycles. The van der Waals surface area contributed by atoms with Gasteiger partial charge in [-0.25, -0.2) is 4.57 Å². The van der Waals surface area contributed by atoms with Crippen molar-refractivity contribution >= 4 is 16.3 Å². The molecule has 3 nitrogen and oxygen atoms in total. The summed E-state index contributed by atoms with van der Waals surface area (Å²) < 4.78 is 5.54. The Kier molecular flexibility index (Phi) is 2.35. The molecule has 0 aromatic carbocycles. The van der Waals surface area contributed by atoms with Gasteiger partial charge in [0.1, 0.15) is 18.4 Å². The fraction of sp³-hybridized carbons (Fsp3) is 0.545. The van der Waals surface area contributed by atoms with E-state index in [1.807, 2.05) is 0 Å². The quantitative estimate of drug-likeness (QED) is 0.539. The minimum atomic E-state index is 0.961. The standard InChI is InChI=1S/C11H19N3S/c1-9-10(8-14(3,4)5)13-6-7-15-11(13)12(9)2/h6-7H,8H2,1-5H3/q+2. The van der Waals surface area contributed by atoms with Gasteiger partial charge >= 0.3 is 4.96 Å². The van der Waals surface area contributed by atoms with Gasteiger partial charge in [0.15, 0.2) is 0 Å². The van der Waals surface area contributed by atoms with Gasteiger partial charge in [-0.1, -0.05) is 11.3 Å². The maximum atomic E-state index is 2.31. The molecule has 0 saturated carbocycles. The second-order valence-corrected chi connectivity index (χ2v) is 5.97. The Morgan fingerprint density at radius 3 is 2.67 bits per heavy atom. The van der Waals surface area contributed by atoms with Crippen molar-refractivity contribution in [2.75, 3.05) is 21.1 Å². The van der Waals surface area contributed by atoms with Gasteiger partial charge in [-0.2, -0.15) is 4.40 Å². The Morgan fingerprint density at radius 1 is 1.40 bits per heavy atom. The van der Waals surface area contributed by atoms with Crippen molar-refractivity contribution < 1.29 is 8.88 Å². The molecular weight excluding hydrogens is 206 g/mol. The Morgan fingerprint density at radius 2 is 2.07 bits per heavy atom. The summed E-state index contributed by atoms with van der Waals surface area (Å²) >= 11 is 1.79. The number of thiazole rings is 1. The SMILES string of the molecule is Cc1c(C[N+](C)(C)C)[n+]2ccsc2n1C. The topological polar surface area (TPSA) is 9.03 Å². The van der Waals surface area contributed by atoms with Gasteiger partial charge in [-0.15, -0.1) is 0 Å². The van der Waals surface area contributed by atoms with Crippen LogP contribution in [0.4, 0.5) is 0 Å². The fourth-order valence-electron chi connectivity index (χ4n) is 1.87. The lowest BCUT2D eigenvalue weighted by atomic mass is 10.3. The zero-order valence-corrected chi connectivity index (χ0v) is 10.9. The molecule has 0 fully saturated rings. The third-order valence-corrected chi connectivity index (χ3v) is 3.65. The molecule has 4 heteroatoms. The number of imidazole rings is 1. The van der Waals surface area contributed by atoms with Crippen molar-refractivity contribution in [3.05, 3.63) is 23.0 Å². The molecule has 0 bridgehead atoms. The second kappa shape index (κ2) is 3.32. The smallest absolute Gasteiger partial charge is 0.324 e. The van der Waals surface area contributed by atoms with E-state index < -0.39 is 0 Å². The summed E-state index contributed by atoms with van der Waals surface area (Å²) in [5.74, 6) is 0. The Bertz CT molecular complexity index is 488. The van der Waals surface area contributed by atoms with E-state index in [-0.39, 0.29) is 0 Å². The Hall–Kier alpha value is -0.870. The molecule has 15 heavy (non-hydrogen) atoms. The summed E-state index contributed by atoms with van der Waals surface area (Å²) in [6, 6.07) is 0. The van der Waals surface area contributed by atoms with Gasteiger partial charge in [0, 0.05) is 12.3 Å². The summed E-state index contributed by atoms with van der Waals surface area (Å²) in [6.45, 7) is 3.26. The van der Waals surface area contributed by atoms with Crippen molar-refractivity contribution in [1.29, 1.82) is 0 Å². The molecule has 0 amide bonds. The molecule has 0 radical (unpaired) electrons. The van der Waals surface area contributed by atoms with Gasteiger partial charge in [-0.05, 0) is 0 Å². The first-order valence-corrected chi connectivity index (χ1v) is 6.01. The number of hydrogen-bond donors (Lipinski definition) is 0. The zero-order chi connectivity index (χ0) is 11.2. The lowest BCUT2D eigenvalue weighted by Crippen LogP contribution is -2.37. The number of fused-ring (bicyclic) bond motifs is 1. The van der Waals surface area contributed by atoms with Gasteiger partial charge in [0.2, 0.25) is 5.69 Å². The highest BCUT2D eigenvalue weighted by atomic mass is 32.1. The molecule has 0 atom stereocenters. The molecule has 82 valence electrons. The molecule has 0 aliphatic carbocycles. The fourth-order valence-corrected chi connectivity index (χ4v) is 2.75. The van der Waals surface area contributed by atoms with Gasteiger partial charge in [-0.3, -0.25) is 0 Å². The highest BCUT2D eigenvalue weighted by molar-refractivity contribution is 7.14. The lowest BCUT2D eigenvalue weighted by molar-refractivity contribution is -0.889. The van der Waals surface area contributed by atoms with Gasteiger partial charge in [0.25, 0.3) is 0 Å². The average Bonchev–Trinajstić information content (AvgIpc) is 2.64. The van der Waals surface area contributed by atoms with Crippen molar-refractivity contribution in [2.24, 2.45) is 7.05 Å². The first-order valence-electron chi connectivity index (χ1n) is 5.13. The first kappa shape index (κ1) is 10.6. The third kappa shape index (κ3) is 1.79. The minimum Gasteiger partial charge on any atom is -0.324 e. The summed E-state index contributed by atoms with van der Waals surface area (Å²) in [5.41, 5.74) is 2.79. The van der Waals surface area contributed by atoms with Crippen molar-refractivity contribution in [2.45, 2.75) is 13.5 Å². The number of nitrogens with zero attached hydrogens (tertiary/aromatic N) is 3. The van der Waals surface area contributed by atoms with Crippen LogP contribution in [0.1, 0.15) is 11.4 Å². The average molecular weight is 225 g/mol. The molecule has 2 aromatic rings. The monoisotopic (exact) mass is 225 g/mol. The molecule has 0 N–H and O–H groups in total. The number of rotatable bonds is 2. The Balaban J connectivity index is 2.58. The van der Waals surface area contributed by atoms with E-state index in [1.54, 1.807) is 11.3 Å². The lowest BCUT2D eigenvalue weighted by Gasteiger charge is -2.22. The highest BCUT2D eigenvalue weighted by Crippen LogP contribution is 2.15. The number of aromatic nitrogens is 2. The van der Waals surface area contributed by atoms with Crippen LogP contribution < -0.4 is 4.40 Å². The predicted octanol–water partition coefficient (Wildman–Crippen LogP) is 1.34. The van der Waals surface area contributed by atoms with E-state index in [2.05, 4.69) is 55.7 Å². The maximum Gasteiger partial charge on any atom is 0.346 e.